The second-order valence-corrected chi connectivity index (χ2v) is 5.88. The Morgan fingerprint density at radius 3 is 2.89 bits per heavy atom. The molecule has 1 aromatic heterocycles. The van der Waals surface area contributed by atoms with Crippen molar-refractivity contribution in [3.05, 3.63) is 11.1 Å². The summed E-state index contributed by atoms with van der Waals surface area (Å²) in [6, 6.07) is 0.652. The summed E-state index contributed by atoms with van der Waals surface area (Å²) in [6.45, 7) is 6.40. The number of hydrogen-bond donors (Lipinski definition) is 1. The summed E-state index contributed by atoms with van der Waals surface area (Å²) in [6.07, 6.45) is 2.49. The van der Waals surface area contributed by atoms with Gasteiger partial charge < -0.3 is 15.1 Å². The molecule has 0 radical (unpaired) electrons. The van der Waals surface area contributed by atoms with Crippen molar-refractivity contribution in [2.24, 2.45) is 0 Å². The van der Waals surface area contributed by atoms with Crippen LogP contribution in [0.2, 0.25) is 0 Å². The van der Waals surface area contributed by atoms with Crippen molar-refractivity contribution in [2.45, 2.75) is 32.4 Å². The van der Waals surface area contributed by atoms with Gasteiger partial charge in [0.2, 0.25) is 0 Å². The number of thiazole rings is 1. The molecular weight excluding hydrogens is 244 g/mol. The van der Waals surface area contributed by atoms with Crippen LogP contribution in [0, 0.1) is 0 Å². The lowest BCUT2D eigenvalue weighted by Crippen LogP contribution is -2.41. The zero-order chi connectivity index (χ0) is 13.0. The minimum atomic E-state index is 0.652. The molecule has 5 heteroatoms. The molecule has 1 aliphatic heterocycles. The SMILES string of the molecule is CCNCc1csc(N(C)C2CCN(C)CC2)n1. The van der Waals surface area contributed by atoms with E-state index in [4.69, 9.17) is 4.98 Å². The lowest BCUT2D eigenvalue weighted by molar-refractivity contribution is 0.253. The highest BCUT2D eigenvalue weighted by Gasteiger charge is 2.22. The van der Waals surface area contributed by atoms with Crippen LogP contribution >= 0.6 is 11.3 Å². The number of nitrogens with zero attached hydrogens (tertiary/aromatic N) is 3. The van der Waals surface area contributed by atoms with Gasteiger partial charge in [0.25, 0.3) is 0 Å². The van der Waals surface area contributed by atoms with Gasteiger partial charge in [-0.3, -0.25) is 0 Å². The molecule has 4 nitrogen and oxygen atoms in total. The van der Waals surface area contributed by atoms with E-state index in [1.54, 1.807) is 11.3 Å². The Kier molecular flexibility index (Phi) is 4.97. The van der Waals surface area contributed by atoms with Crippen molar-refractivity contribution < 1.29 is 0 Å². The van der Waals surface area contributed by atoms with Crippen LogP contribution < -0.4 is 10.2 Å². The van der Waals surface area contributed by atoms with Crippen LogP contribution in [0.1, 0.15) is 25.5 Å². The first-order valence-electron chi connectivity index (χ1n) is 6.77. The molecule has 18 heavy (non-hydrogen) atoms. The lowest BCUT2D eigenvalue weighted by atomic mass is 10.0. The Labute approximate surface area is 114 Å². The molecule has 0 saturated carbocycles. The normalized spacial score (nSPS) is 18.2. The summed E-state index contributed by atoms with van der Waals surface area (Å²) in [5.74, 6) is 0. The van der Waals surface area contributed by atoms with E-state index in [0.29, 0.717) is 6.04 Å². The third-order valence-corrected chi connectivity index (χ3v) is 4.61. The Hall–Kier alpha value is -0.650. The Balaban J connectivity index is 1.91. The molecule has 0 aliphatic carbocycles. The minimum Gasteiger partial charge on any atom is -0.348 e. The first-order chi connectivity index (χ1) is 8.70. The van der Waals surface area contributed by atoms with E-state index in [9.17, 15) is 0 Å². The van der Waals surface area contributed by atoms with Gasteiger partial charge in [0, 0.05) is 25.0 Å². The molecule has 0 amide bonds. The van der Waals surface area contributed by atoms with E-state index in [0.717, 1.165) is 23.9 Å². The van der Waals surface area contributed by atoms with Crippen molar-refractivity contribution in [2.75, 3.05) is 38.6 Å². The molecule has 1 N–H and O–H groups in total. The predicted molar refractivity (Wildman–Crippen MR) is 78.4 cm³/mol. The number of aromatic nitrogens is 1. The molecule has 102 valence electrons. The first-order valence-corrected chi connectivity index (χ1v) is 7.65. The molecule has 0 unspecified atom stereocenters. The van der Waals surface area contributed by atoms with E-state index >= 15 is 0 Å². The molecule has 1 aromatic rings. The topological polar surface area (TPSA) is 31.4 Å². The zero-order valence-corrected chi connectivity index (χ0v) is 12.5. The number of likely N-dealkylation sites (tertiary alicyclic amines) is 1. The highest BCUT2D eigenvalue weighted by atomic mass is 32.1. The maximum Gasteiger partial charge on any atom is 0.185 e. The number of rotatable bonds is 5. The standard InChI is InChI=1S/C13H24N4S/c1-4-14-9-11-10-18-13(15-11)17(3)12-5-7-16(2)8-6-12/h10,12,14H,4-9H2,1-3H3. The Morgan fingerprint density at radius 1 is 1.50 bits per heavy atom. The summed E-state index contributed by atoms with van der Waals surface area (Å²) in [5, 5.41) is 6.66. The summed E-state index contributed by atoms with van der Waals surface area (Å²) in [5.41, 5.74) is 1.16. The van der Waals surface area contributed by atoms with Gasteiger partial charge in [-0.15, -0.1) is 11.3 Å². The average molecular weight is 268 g/mol. The second-order valence-electron chi connectivity index (χ2n) is 5.05. The van der Waals surface area contributed by atoms with Crippen molar-refractivity contribution in [3.63, 3.8) is 0 Å². The number of hydrogen-bond acceptors (Lipinski definition) is 5. The second kappa shape index (κ2) is 6.50. The molecule has 0 atom stereocenters. The molecule has 0 bridgehead atoms. The zero-order valence-electron chi connectivity index (χ0n) is 11.6. The fraction of sp³-hybridized carbons (Fsp3) is 0.769. The van der Waals surface area contributed by atoms with Gasteiger partial charge in [-0.1, -0.05) is 6.92 Å². The van der Waals surface area contributed by atoms with Crippen molar-refractivity contribution in [1.82, 2.24) is 15.2 Å². The number of piperidine rings is 1. The predicted octanol–water partition coefficient (Wildman–Crippen LogP) is 1.78. The number of anilines is 1. The van der Waals surface area contributed by atoms with E-state index < -0.39 is 0 Å². The molecule has 1 fully saturated rings. The highest BCUT2D eigenvalue weighted by Crippen LogP contribution is 2.25. The monoisotopic (exact) mass is 268 g/mol. The summed E-state index contributed by atoms with van der Waals surface area (Å²) >= 11 is 1.76. The van der Waals surface area contributed by atoms with E-state index in [1.165, 1.54) is 25.9 Å². The van der Waals surface area contributed by atoms with Crippen LogP contribution in [0.3, 0.4) is 0 Å². The third-order valence-electron chi connectivity index (χ3n) is 3.63. The molecule has 1 saturated heterocycles. The van der Waals surface area contributed by atoms with Crippen LogP contribution in [-0.2, 0) is 6.54 Å². The smallest absolute Gasteiger partial charge is 0.185 e. The lowest BCUT2D eigenvalue weighted by Gasteiger charge is -2.34. The third kappa shape index (κ3) is 3.43. The van der Waals surface area contributed by atoms with Gasteiger partial charge >= 0.3 is 0 Å². The summed E-state index contributed by atoms with van der Waals surface area (Å²) < 4.78 is 0. The van der Waals surface area contributed by atoms with Crippen molar-refractivity contribution in [1.29, 1.82) is 0 Å². The van der Waals surface area contributed by atoms with E-state index in [1.807, 2.05) is 0 Å². The number of nitrogens with one attached hydrogen (secondary N) is 1. The molecule has 2 heterocycles. The van der Waals surface area contributed by atoms with Crippen LogP contribution in [0.4, 0.5) is 5.13 Å². The largest absolute Gasteiger partial charge is 0.348 e. The average Bonchev–Trinajstić information content (AvgIpc) is 2.85. The Morgan fingerprint density at radius 2 is 2.22 bits per heavy atom. The van der Waals surface area contributed by atoms with Crippen LogP contribution in [0.25, 0.3) is 0 Å². The van der Waals surface area contributed by atoms with Crippen LogP contribution in [0.15, 0.2) is 5.38 Å². The molecule has 0 spiro atoms. The minimum absolute atomic E-state index is 0.652. The quantitative estimate of drug-likeness (QED) is 0.882. The van der Waals surface area contributed by atoms with Gasteiger partial charge in [0.1, 0.15) is 0 Å². The summed E-state index contributed by atoms with van der Waals surface area (Å²) in [7, 11) is 4.39. The molecule has 1 aliphatic rings. The van der Waals surface area contributed by atoms with Crippen molar-refractivity contribution in [3.8, 4) is 0 Å². The van der Waals surface area contributed by atoms with Gasteiger partial charge in [-0.2, -0.15) is 0 Å². The fourth-order valence-corrected chi connectivity index (χ4v) is 3.19. The van der Waals surface area contributed by atoms with E-state index in [-0.39, 0.29) is 0 Å². The Bertz CT molecular complexity index is 358. The van der Waals surface area contributed by atoms with Crippen molar-refractivity contribution >= 4 is 16.5 Å². The highest BCUT2D eigenvalue weighted by molar-refractivity contribution is 7.13. The van der Waals surface area contributed by atoms with Gasteiger partial charge in [-0.25, -0.2) is 4.98 Å². The molecule has 0 aromatic carbocycles. The fourth-order valence-electron chi connectivity index (χ4n) is 2.33. The van der Waals surface area contributed by atoms with Gasteiger partial charge in [0.15, 0.2) is 5.13 Å². The molecule has 2 rings (SSSR count). The van der Waals surface area contributed by atoms with Gasteiger partial charge in [0.05, 0.1) is 5.69 Å². The van der Waals surface area contributed by atoms with Gasteiger partial charge in [-0.05, 0) is 39.5 Å². The van der Waals surface area contributed by atoms with E-state index in [2.05, 4.69) is 41.5 Å². The van der Waals surface area contributed by atoms with Crippen LogP contribution in [0.5, 0.6) is 0 Å². The van der Waals surface area contributed by atoms with Crippen LogP contribution in [-0.4, -0.2) is 49.7 Å². The first kappa shape index (κ1) is 13.8. The summed E-state index contributed by atoms with van der Waals surface area (Å²) in [4.78, 5) is 9.48. The maximum atomic E-state index is 4.71. The molecular formula is C13H24N4S. The maximum absolute atomic E-state index is 4.71.